The fourth-order valence-electron chi connectivity index (χ4n) is 3.16. The summed E-state index contributed by atoms with van der Waals surface area (Å²) >= 11 is 5.98. The number of nitrogens with one attached hydrogen (secondary N) is 1. The van der Waals surface area contributed by atoms with Gasteiger partial charge in [-0.1, -0.05) is 11.6 Å². The van der Waals surface area contributed by atoms with Gasteiger partial charge in [0.25, 0.3) is 0 Å². The lowest BCUT2D eigenvalue weighted by molar-refractivity contribution is 0.0249. The van der Waals surface area contributed by atoms with Gasteiger partial charge in [-0.05, 0) is 25.0 Å². The smallest absolute Gasteiger partial charge is 0.202 e. The van der Waals surface area contributed by atoms with Gasteiger partial charge in [0.1, 0.15) is 22.3 Å². The van der Waals surface area contributed by atoms with Crippen molar-refractivity contribution in [2.75, 3.05) is 30.3 Å². The van der Waals surface area contributed by atoms with Crippen molar-refractivity contribution in [3.63, 3.8) is 0 Å². The standard InChI is InChI=1S/C16H19ClN8O/c17-10-5-9(6-11(19)21-10)13-14-15(24-23-13)22-12(7-20-14)25-3-1-16(26,8-18)2-4-25/h5-7,26H,1-4,8,18H2,(H2,19,21)(H,22,23,24). The molecule has 136 valence electrons. The van der Waals surface area contributed by atoms with E-state index in [9.17, 15) is 5.11 Å². The Morgan fingerprint density at radius 3 is 2.73 bits per heavy atom. The van der Waals surface area contributed by atoms with Gasteiger partial charge in [0.05, 0.1) is 17.5 Å². The van der Waals surface area contributed by atoms with Crippen LogP contribution in [0.5, 0.6) is 0 Å². The molecule has 26 heavy (non-hydrogen) atoms. The number of H-pyrrole nitrogens is 1. The van der Waals surface area contributed by atoms with Gasteiger partial charge < -0.3 is 21.5 Å². The number of fused-ring (bicyclic) bond motifs is 1. The molecule has 1 saturated heterocycles. The maximum absolute atomic E-state index is 10.3. The molecule has 0 amide bonds. The molecule has 4 rings (SSSR count). The highest BCUT2D eigenvalue weighted by atomic mass is 35.5. The molecule has 0 bridgehead atoms. The number of hydrogen-bond acceptors (Lipinski definition) is 8. The number of anilines is 2. The Labute approximate surface area is 154 Å². The topological polar surface area (TPSA) is 143 Å². The second-order valence-corrected chi connectivity index (χ2v) is 6.91. The minimum atomic E-state index is -0.784. The second-order valence-electron chi connectivity index (χ2n) is 6.52. The first kappa shape index (κ1) is 17.0. The highest BCUT2D eigenvalue weighted by Gasteiger charge is 2.31. The maximum atomic E-state index is 10.3. The van der Waals surface area contributed by atoms with E-state index in [-0.39, 0.29) is 6.54 Å². The van der Waals surface area contributed by atoms with E-state index in [1.807, 2.05) is 0 Å². The summed E-state index contributed by atoms with van der Waals surface area (Å²) in [5.41, 5.74) is 13.2. The number of aliphatic hydroxyl groups is 1. The molecule has 1 fully saturated rings. The van der Waals surface area contributed by atoms with Crippen LogP contribution in [-0.2, 0) is 0 Å². The quantitative estimate of drug-likeness (QED) is 0.496. The minimum absolute atomic E-state index is 0.270. The number of nitrogen functional groups attached to an aromatic ring is 1. The Kier molecular flexibility index (Phi) is 4.14. The van der Waals surface area contributed by atoms with Crippen LogP contribution in [0.15, 0.2) is 18.3 Å². The molecule has 0 aromatic carbocycles. The molecule has 1 aliphatic rings. The number of hydrogen-bond donors (Lipinski definition) is 4. The second kappa shape index (κ2) is 6.35. The van der Waals surface area contributed by atoms with Crippen LogP contribution in [0.4, 0.5) is 11.6 Å². The summed E-state index contributed by atoms with van der Waals surface area (Å²) in [5, 5.41) is 17.8. The molecule has 10 heteroatoms. The predicted octanol–water partition coefficient (Wildman–Crippen LogP) is 0.940. The van der Waals surface area contributed by atoms with Gasteiger partial charge in [-0.25, -0.2) is 15.0 Å². The van der Waals surface area contributed by atoms with Crippen LogP contribution in [-0.4, -0.2) is 55.5 Å². The van der Waals surface area contributed by atoms with Crippen molar-refractivity contribution >= 4 is 34.4 Å². The molecule has 0 saturated carbocycles. The van der Waals surface area contributed by atoms with E-state index >= 15 is 0 Å². The molecule has 0 atom stereocenters. The molecule has 1 aliphatic heterocycles. The van der Waals surface area contributed by atoms with E-state index in [1.165, 1.54) is 0 Å². The molecule has 0 radical (unpaired) electrons. The van der Waals surface area contributed by atoms with Crippen molar-refractivity contribution in [2.45, 2.75) is 18.4 Å². The molecule has 9 nitrogen and oxygen atoms in total. The third kappa shape index (κ3) is 3.05. The van der Waals surface area contributed by atoms with Crippen molar-refractivity contribution in [1.82, 2.24) is 25.1 Å². The number of nitrogens with zero attached hydrogens (tertiary/aromatic N) is 5. The number of halogens is 1. The molecule has 0 unspecified atom stereocenters. The fourth-order valence-corrected chi connectivity index (χ4v) is 3.37. The first-order valence-corrected chi connectivity index (χ1v) is 8.67. The van der Waals surface area contributed by atoms with E-state index in [2.05, 4.69) is 30.0 Å². The molecule has 0 spiro atoms. The average Bonchev–Trinajstić information content (AvgIpc) is 3.05. The van der Waals surface area contributed by atoms with Crippen LogP contribution < -0.4 is 16.4 Å². The number of aromatic nitrogens is 5. The molecular formula is C16H19ClN8O. The van der Waals surface area contributed by atoms with Gasteiger partial charge in [-0.15, -0.1) is 0 Å². The summed E-state index contributed by atoms with van der Waals surface area (Å²) in [6, 6.07) is 3.39. The molecule has 3 aromatic heterocycles. The van der Waals surface area contributed by atoms with E-state index in [1.54, 1.807) is 18.3 Å². The monoisotopic (exact) mass is 374 g/mol. The molecule has 4 heterocycles. The molecule has 6 N–H and O–H groups in total. The van der Waals surface area contributed by atoms with Gasteiger partial charge >= 0.3 is 0 Å². The van der Waals surface area contributed by atoms with E-state index in [0.717, 1.165) is 11.4 Å². The first-order chi connectivity index (χ1) is 12.5. The van der Waals surface area contributed by atoms with E-state index in [4.69, 9.17) is 23.1 Å². The van der Waals surface area contributed by atoms with Crippen molar-refractivity contribution < 1.29 is 5.11 Å². The van der Waals surface area contributed by atoms with Crippen LogP contribution in [0.1, 0.15) is 12.8 Å². The maximum Gasteiger partial charge on any atom is 0.202 e. The van der Waals surface area contributed by atoms with E-state index < -0.39 is 5.60 Å². The minimum Gasteiger partial charge on any atom is -0.388 e. The fraction of sp³-hybridized carbons (Fsp3) is 0.375. The number of rotatable bonds is 3. The van der Waals surface area contributed by atoms with Gasteiger partial charge in [0, 0.05) is 25.2 Å². The van der Waals surface area contributed by atoms with Crippen molar-refractivity contribution in [3.8, 4) is 11.3 Å². The molecule has 3 aromatic rings. The third-order valence-corrected chi connectivity index (χ3v) is 4.95. The van der Waals surface area contributed by atoms with Crippen molar-refractivity contribution in [1.29, 1.82) is 0 Å². The first-order valence-electron chi connectivity index (χ1n) is 8.29. The van der Waals surface area contributed by atoms with Crippen LogP contribution in [0, 0.1) is 0 Å². The van der Waals surface area contributed by atoms with Crippen LogP contribution in [0.25, 0.3) is 22.4 Å². The Morgan fingerprint density at radius 2 is 2.04 bits per heavy atom. The Bertz CT molecular complexity index is 930. The number of aromatic amines is 1. The summed E-state index contributed by atoms with van der Waals surface area (Å²) in [4.78, 5) is 15.1. The number of nitrogens with two attached hydrogens (primary N) is 2. The molecular weight excluding hydrogens is 356 g/mol. The zero-order valence-electron chi connectivity index (χ0n) is 14.0. The summed E-state index contributed by atoms with van der Waals surface area (Å²) in [7, 11) is 0. The molecule has 0 aliphatic carbocycles. The van der Waals surface area contributed by atoms with E-state index in [0.29, 0.717) is 53.8 Å². The van der Waals surface area contributed by atoms with Gasteiger partial charge in [0.15, 0.2) is 0 Å². The van der Waals surface area contributed by atoms with Crippen LogP contribution in [0.3, 0.4) is 0 Å². The lowest BCUT2D eigenvalue weighted by Crippen LogP contribution is -2.49. The average molecular weight is 375 g/mol. The Morgan fingerprint density at radius 1 is 1.27 bits per heavy atom. The van der Waals surface area contributed by atoms with Gasteiger partial charge in [-0.2, -0.15) is 5.10 Å². The van der Waals surface area contributed by atoms with Gasteiger partial charge in [-0.3, -0.25) is 5.10 Å². The Balaban J connectivity index is 1.64. The highest BCUT2D eigenvalue weighted by molar-refractivity contribution is 6.29. The largest absolute Gasteiger partial charge is 0.388 e. The zero-order chi connectivity index (χ0) is 18.3. The summed E-state index contributed by atoms with van der Waals surface area (Å²) in [6.45, 7) is 1.61. The summed E-state index contributed by atoms with van der Waals surface area (Å²) in [6.07, 6.45) is 2.91. The van der Waals surface area contributed by atoms with Crippen LogP contribution in [0.2, 0.25) is 5.15 Å². The van der Waals surface area contributed by atoms with Gasteiger partial charge in [0.2, 0.25) is 5.65 Å². The van der Waals surface area contributed by atoms with Crippen LogP contribution >= 0.6 is 11.6 Å². The lowest BCUT2D eigenvalue weighted by atomic mass is 9.92. The normalized spacial score (nSPS) is 17.0. The third-order valence-electron chi connectivity index (χ3n) is 4.75. The Hall–Kier alpha value is -2.49. The number of pyridine rings is 1. The zero-order valence-corrected chi connectivity index (χ0v) is 14.7. The predicted molar refractivity (Wildman–Crippen MR) is 99.8 cm³/mol. The summed E-state index contributed by atoms with van der Waals surface area (Å²) < 4.78 is 0. The lowest BCUT2D eigenvalue weighted by Gasteiger charge is -2.37. The number of piperidine rings is 1. The SMILES string of the molecule is NCC1(O)CCN(c2cnc3c(-c4cc(N)nc(Cl)c4)[nH]nc3n2)CC1. The highest BCUT2D eigenvalue weighted by Crippen LogP contribution is 2.29. The summed E-state index contributed by atoms with van der Waals surface area (Å²) in [5.74, 6) is 1.04. The van der Waals surface area contributed by atoms with Crippen molar-refractivity contribution in [3.05, 3.63) is 23.5 Å². The van der Waals surface area contributed by atoms with Crippen molar-refractivity contribution in [2.24, 2.45) is 5.73 Å².